The summed E-state index contributed by atoms with van der Waals surface area (Å²) < 4.78 is 0. The van der Waals surface area contributed by atoms with Crippen molar-refractivity contribution in [3.05, 3.63) is 51.6 Å². The maximum Gasteiger partial charge on any atom is 0.223 e. The van der Waals surface area contributed by atoms with Crippen LogP contribution in [0.5, 0.6) is 0 Å². The van der Waals surface area contributed by atoms with Crippen molar-refractivity contribution in [2.24, 2.45) is 27.2 Å². The minimum atomic E-state index is -0.200. The Morgan fingerprint density at radius 2 is 1.65 bits per heavy atom. The second kappa shape index (κ2) is 5.62. The molecular formula is C15H13ClN6O. The highest BCUT2D eigenvalue weighted by atomic mass is 35.5. The Balaban J connectivity index is 2.38. The van der Waals surface area contributed by atoms with Crippen LogP contribution in [0.4, 0.5) is 5.69 Å². The Hall–Kier alpha value is -3.06. The number of rotatable bonds is 1. The molecule has 0 unspecified atom stereocenters. The molecule has 2 aromatic carbocycles. The van der Waals surface area contributed by atoms with E-state index in [2.05, 4.69) is 15.0 Å². The van der Waals surface area contributed by atoms with E-state index < -0.39 is 0 Å². The smallest absolute Gasteiger partial charge is 0.223 e. The van der Waals surface area contributed by atoms with Gasteiger partial charge in [-0.2, -0.15) is 4.99 Å². The van der Waals surface area contributed by atoms with E-state index in [-0.39, 0.29) is 17.3 Å². The highest BCUT2D eigenvalue weighted by Crippen LogP contribution is 2.27. The largest absolute Gasteiger partial charge is 0.370 e. The molecule has 0 spiro atoms. The number of guanidine groups is 2. The number of aromatic amines is 1. The minimum Gasteiger partial charge on any atom is -0.370 e. The fourth-order valence-electron chi connectivity index (χ4n) is 2.35. The number of halogens is 1. The predicted molar refractivity (Wildman–Crippen MR) is 94.2 cm³/mol. The normalized spacial score (nSPS) is 11.8. The molecule has 0 atom stereocenters. The number of aliphatic imine (C=N–C) groups is 2. The first-order chi connectivity index (χ1) is 11.0. The first kappa shape index (κ1) is 14.9. The van der Waals surface area contributed by atoms with Gasteiger partial charge in [0.15, 0.2) is 11.4 Å². The van der Waals surface area contributed by atoms with Gasteiger partial charge in [0, 0.05) is 10.8 Å². The number of nitrogens with two attached hydrogens (primary N) is 3. The molecule has 0 aliphatic carbocycles. The Morgan fingerprint density at radius 3 is 2.35 bits per heavy atom. The van der Waals surface area contributed by atoms with Gasteiger partial charge in [0.25, 0.3) is 0 Å². The van der Waals surface area contributed by atoms with Gasteiger partial charge in [-0.05, 0) is 24.3 Å². The number of aromatic nitrogens is 1. The van der Waals surface area contributed by atoms with E-state index in [4.69, 9.17) is 28.8 Å². The zero-order valence-electron chi connectivity index (χ0n) is 11.9. The first-order valence-electron chi connectivity index (χ1n) is 6.64. The van der Waals surface area contributed by atoms with E-state index in [9.17, 15) is 4.79 Å². The van der Waals surface area contributed by atoms with Crippen LogP contribution in [0.2, 0.25) is 5.02 Å². The van der Waals surface area contributed by atoms with Crippen molar-refractivity contribution in [3.63, 3.8) is 0 Å². The van der Waals surface area contributed by atoms with Gasteiger partial charge in [-0.15, -0.1) is 0 Å². The first-order valence-corrected chi connectivity index (χ1v) is 7.02. The van der Waals surface area contributed by atoms with Crippen LogP contribution in [0.3, 0.4) is 0 Å². The molecule has 7 nitrogen and oxygen atoms in total. The molecule has 116 valence electrons. The molecule has 0 amide bonds. The predicted octanol–water partition coefficient (Wildman–Crippen LogP) is 1.55. The van der Waals surface area contributed by atoms with Crippen LogP contribution in [0.1, 0.15) is 0 Å². The quantitative estimate of drug-likeness (QED) is 0.306. The highest BCUT2D eigenvalue weighted by Gasteiger charge is 2.10. The average molecular weight is 329 g/mol. The molecule has 0 radical (unpaired) electrons. The van der Waals surface area contributed by atoms with E-state index in [1.54, 1.807) is 36.4 Å². The van der Waals surface area contributed by atoms with Crippen LogP contribution >= 0.6 is 11.6 Å². The third kappa shape index (κ3) is 2.69. The molecule has 1 aromatic heterocycles. The van der Waals surface area contributed by atoms with Gasteiger partial charge in [0.1, 0.15) is 0 Å². The second-order valence-electron chi connectivity index (χ2n) is 4.82. The number of pyridine rings is 1. The van der Waals surface area contributed by atoms with Crippen molar-refractivity contribution < 1.29 is 0 Å². The summed E-state index contributed by atoms with van der Waals surface area (Å²) in [6.07, 6.45) is 0. The van der Waals surface area contributed by atoms with Crippen molar-refractivity contribution in [1.82, 2.24) is 4.98 Å². The summed E-state index contributed by atoms with van der Waals surface area (Å²) in [5.74, 6) is -0.314. The standard InChI is InChI=1S/C15H13ClN6O/c16-9-5-1-3-7-11(9)21-12-8(13(7)23)4-2-6-10(12)20-15(19)22-14(17)18/h1-6H,(H,21,23)(H6,17,18,19,20,22). The number of nitrogens with one attached hydrogen (secondary N) is 1. The molecule has 0 saturated carbocycles. The van der Waals surface area contributed by atoms with Gasteiger partial charge >= 0.3 is 0 Å². The molecular weight excluding hydrogens is 316 g/mol. The number of benzene rings is 2. The SMILES string of the molecule is NC(N)=NC(N)=Nc1cccc2c(=O)c3cccc(Cl)c3[nH]c12. The van der Waals surface area contributed by atoms with Gasteiger partial charge in [0.05, 0.1) is 21.7 Å². The molecule has 0 aliphatic rings. The number of hydrogen-bond acceptors (Lipinski definition) is 2. The number of fused-ring (bicyclic) bond motifs is 2. The molecule has 1 heterocycles. The van der Waals surface area contributed by atoms with E-state index in [0.29, 0.717) is 32.5 Å². The number of hydrogen-bond donors (Lipinski definition) is 4. The van der Waals surface area contributed by atoms with Crippen LogP contribution in [0.25, 0.3) is 21.8 Å². The number of para-hydroxylation sites is 2. The minimum absolute atomic E-state index is 0.113. The fourth-order valence-corrected chi connectivity index (χ4v) is 2.57. The van der Waals surface area contributed by atoms with Gasteiger partial charge in [0.2, 0.25) is 5.96 Å². The number of nitrogens with zero attached hydrogens (tertiary/aromatic N) is 2. The summed E-state index contributed by atoms with van der Waals surface area (Å²) in [6, 6.07) is 10.2. The van der Waals surface area contributed by atoms with E-state index in [1.807, 2.05) is 0 Å². The van der Waals surface area contributed by atoms with Crippen LogP contribution in [0.15, 0.2) is 51.2 Å². The zero-order chi connectivity index (χ0) is 16.6. The third-order valence-corrected chi connectivity index (χ3v) is 3.59. The summed E-state index contributed by atoms with van der Waals surface area (Å²) in [4.78, 5) is 23.6. The monoisotopic (exact) mass is 328 g/mol. The molecule has 3 rings (SSSR count). The summed E-state index contributed by atoms with van der Waals surface area (Å²) >= 11 is 6.17. The van der Waals surface area contributed by atoms with Crippen LogP contribution < -0.4 is 22.6 Å². The molecule has 8 heteroatoms. The molecule has 0 bridgehead atoms. The lowest BCUT2D eigenvalue weighted by Gasteiger charge is -2.06. The Bertz CT molecular complexity index is 1030. The van der Waals surface area contributed by atoms with Crippen LogP contribution in [-0.2, 0) is 0 Å². The molecule has 0 fully saturated rings. The Morgan fingerprint density at radius 1 is 1.00 bits per heavy atom. The number of H-pyrrole nitrogens is 1. The lowest BCUT2D eigenvalue weighted by atomic mass is 10.1. The fraction of sp³-hybridized carbons (Fsp3) is 0. The lowest BCUT2D eigenvalue weighted by molar-refractivity contribution is 1.37. The Labute approximate surface area is 135 Å². The van der Waals surface area contributed by atoms with E-state index >= 15 is 0 Å². The average Bonchev–Trinajstić information content (AvgIpc) is 2.48. The molecule has 3 aromatic rings. The Kier molecular flexibility index (Phi) is 3.63. The summed E-state index contributed by atoms with van der Waals surface area (Å²) in [6.45, 7) is 0. The van der Waals surface area contributed by atoms with Gasteiger partial charge in [-0.3, -0.25) is 4.79 Å². The van der Waals surface area contributed by atoms with Gasteiger partial charge < -0.3 is 22.2 Å². The van der Waals surface area contributed by atoms with Gasteiger partial charge in [-0.25, -0.2) is 4.99 Å². The van der Waals surface area contributed by atoms with Crippen molar-refractivity contribution >= 4 is 51.0 Å². The molecule has 23 heavy (non-hydrogen) atoms. The van der Waals surface area contributed by atoms with Crippen LogP contribution in [-0.4, -0.2) is 16.9 Å². The lowest BCUT2D eigenvalue weighted by Crippen LogP contribution is -2.26. The van der Waals surface area contributed by atoms with Gasteiger partial charge in [-0.1, -0.05) is 23.7 Å². The van der Waals surface area contributed by atoms with Crippen molar-refractivity contribution in [3.8, 4) is 0 Å². The molecule has 7 N–H and O–H groups in total. The molecule has 0 aliphatic heterocycles. The van der Waals surface area contributed by atoms with Crippen LogP contribution in [0, 0.1) is 0 Å². The maximum atomic E-state index is 12.6. The van der Waals surface area contributed by atoms with Crippen molar-refractivity contribution in [2.45, 2.75) is 0 Å². The highest BCUT2D eigenvalue weighted by molar-refractivity contribution is 6.35. The van der Waals surface area contributed by atoms with Crippen molar-refractivity contribution in [2.75, 3.05) is 0 Å². The summed E-state index contributed by atoms with van der Waals surface area (Å²) in [5.41, 5.74) is 17.5. The molecule has 0 saturated heterocycles. The topological polar surface area (TPSA) is 136 Å². The maximum absolute atomic E-state index is 12.6. The zero-order valence-corrected chi connectivity index (χ0v) is 12.6. The second-order valence-corrected chi connectivity index (χ2v) is 5.23. The summed E-state index contributed by atoms with van der Waals surface area (Å²) in [5, 5.41) is 1.42. The van der Waals surface area contributed by atoms with Crippen molar-refractivity contribution in [1.29, 1.82) is 0 Å². The third-order valence-electron chi connectivity index (χ3n) is 3.27. The summed E-state index contributed by atoms with van der Waals surface area (Å²) in [7, 11) is 0. The van der Waals surface area contributed by atoms with E-state index in [1.165, 1.54) is 0 Å². The van der Waals surface area contributed by atoms with E-state index in [0.717, 1.165) is 0 Å².